The monoisotopic (exact) mass is 410 g/mol. The van der Waals surface area contributed by atoms with Crippen molar-refractivity contribution in [1.29, 1.82) is 0 Å². The first-order valence-electron chi connectivity index (χ1n) is 9.06. The fourth-order valence-corrected chi connectivity index (χ4v) is 4.35. The zero-order valence-electron chi connectivity index (χ0n) is 16.0. The first-order chi connectivity index (χ1) is 13.9. The van der Waals surface area contributed by atoms with E-state index in [0.717, 1.165) is 0 Å². The van der Waals surface area contributed by atoms with Crippen LogP contribution in [0.5, 0.6) is 0 Å². The fraction of sp³-hybridized carbons (Fsp3) is 0.136. The third-order valence-electron chi connectivity index (χ3n) is 4.34. The normalized spacial score (nSPS) is 12.2. The third-order valence-corrected chi connectivity index (χ3v) is 6.13. The average Bonchev–Trinajstić information content (AvgIpc) is 3.27. The van der Waals surface area contributed by atoms with E-state index in [4.69, 9.17) is 4.42 Å². The van der Waals surface area contributed by atoms with Crippen LogP contribution in [0.15, 0.2) is 95.0 Å². The molecule has 0 aliphatic heterocycles. The average molecular weight is 410 g/mol. The molecule has 7 heteroatoms. The number of nitrogens with one attached hydrogen (secondary N) is 1. The molecule has 1 amide bonds. The van der Waals surface area contributed by atoms with Crippen molar-refractivity contribution in [3.63, 3.8) is 0 Å². The van der Waals surface area contributed by atoms with E-state index in [0.29, 0.717) is 11.4 Å². The maximum absolute atomic E-state index is 13.2. The van der Waals surface area contributed by atoms with Crippen molar-refractivity contribution in [3.05, 3.63) is 97.0 Å². The Hall–Kier alpha value is -3.32. The van der Waals surface area contributed by atoms with E-state index in [2.05, 4.69) is 11.9 Å². The number of carbonyl (C=O) groups excluding carboxylic acids is 1. The highest BCUT2D eigenvalue weighted by Crippen LogP contribution is 2.24. The maximum atomic E-state index is 13.2. The summed E-state index contributed by atoms with van der Waals surface area (Å²) in [7, 11) is -3.88. The van der Waals surface area contributed by atoms with E-state index in [1.165, 1.54) is 28.8 Å². The first kappa shape index (κ1) is 20.4. The quantitative estimate of drug-likeness (QED) is 0.566. The van der Waals surface area contributed by atoms with E-state index >= 15 is 0 Å². The van der Waals surface area contributed by atoms with Crippen molar-refractivity contribution in [2.45, 2.75) is 17.9 Å². The van der Waals surface area contributed by atoms with Crippen LogP contribution in [-0.4, -0.2) is 20.9 Å². The van der Waals surface area contributed by atoms with Gasteiger partial charge in [-0.1, -0.05) is 30.3 Å². The van der Waals surface area contributed by atoms with Crippen LogP contribution in [0.25, 0.3) is 0 Å². The van der Waals surface area contributed by atoms with Gasteiger partial charge >= 0.3 is 0 Å². The van der Waals surface area contributed by atoms with Gasteiger partial charge in [0.05, 0.1) is 29.4 Å². The lowest BCUT2D eigenvalue weighted by atomic mass is 10.2. The van der Waals surface area contributed by atoms with Crippen LogP contribution in [-0.2, 0) is 10.0 Å². The molecule has 0 aliphatic rings. The molecule has 0 aliphatic carbocycles. The van der Waals surface area contributed by atoms with Crippen LogP contribution < -0.4 is 9.62 Å². The summed E-state index contributed by atoms with van der Waals surface area (Å²) in [6.45, 7) is 5.56. The minimum atomic E-state index is -3.88. The minimum absolute atomic E-state index is 0.0292. The third kappa shape index (κ3) is 4.57. The summed E-state index contributed by atoms with van der Waals surface area (Å²) in [5, 5.41) is 2.81. The second kappa shape index (κ2) is 8.79. The summed E-state index contributed by atoms with van der Waals surface area (Å²) in [6, 6.07) is 17.9. The summed E-state index contributed by atoms with van der Waals surface area (Å²) in [5.74, 6) is 0.226. The molecule has 6 nitrogen and oxygen atoms in total. The number of para-hydroxylation sites is 1. The van der Waals surface area contributed by atoms with Gasteiger partial charge in [-0.3, -0.25) is 9.10 Å². The van der Waals surface area contributed by atoms with Crippen molar-refractivity contribution in [3.8, 4) is 0 Å². The van der Waals surface area contributed by atoms with Gasteiger partial charge in [-0.25, -0.2) is 8.42 Å². The zero-order chi connectivity index (χ0) is 20.9. The topological polar surface area (TPSA) is 79.6 Å². The molecule has 1 heterocycles. The lowest BCUT2D eigenvalue weighted by Crippen LogP contribution is -2.31. The maximum Gasteiger partial charge on any atom is 0.264 e. The van der Waals surface area contributed by atoms with Gasteiger partial charge in [0.2, 0.25) is 0 Å². The van der Waals surface area contributed by atoms with Crippen molar-refractivity contribution in [2.75, 3.05) is 10.8 Å². The summed E-state index contributed by atoms with van der Waals surface area (Å²) >= 11 is 0. The van der Waals surface area contributed by atoms with Gasteiger partial charge in [-0.05, 0) is 49.4 Å². The molecule has 1 aromatic heterocycles. The molecule has 1 N–H and O–H groups in total. The van der Waals surface area contributed by atoms with Crippen molar-refractivity contribution >= 4 is 21.6 Å². The highest BCUT2D eigenvalue weighted by molar-refractivity contribution is 7.92. The molecule has 3 rings (SSSR count). The van der Waals surface area contributed by atoms with Crippen LogP contribution in [0, 0.1) is 0 Å². The number of amides is 1. The van der Waals surface area contributed by atoms with Crippen LogP contribution in [0.3, 0.4) is 0 Å². The smallest absolute Gasteiger partial charge is 0.264 e. The Morgan fingerprint density at radius 2 is 1.90 bits per heavy atom. The van der Waals surface area contributed by atoms with Gasteiger partial charge in [0, 0.05) is 5.56 Å². The van der Waals surface area contributed by atoms with Gasteiger partial charge in [-0.2, -0.15) is 0 Å². The predicted octanol–water partition coefficient (Wildman–Crippen LogP) is 4.15. The molecular formula is C22H22N2O4S. The summed E-state index contributed by atoms with van der Waals surface area (Å²) in [4.78, 5) is 12.6. The van der Waals surface area contributed by atoms with Gasteiger partial charge in [0.15, 0.2) is 0 Å². The Bertz CT molecular complexity index is 1080. The Labute approximate surface area is 170 Å². The Balaban J connectivity index is 1.88. The van der Waals surface area contributed by atoms with Crippen molar-refractivity contribution in [1.82, 2.24) is 5.32 Å². The molecule has 0 radical (unpaired) electrons. The second-order valence-electron chi connectivity index (χ2n) is 6.40. The largest absolute Gasteiger partial charge is 0.467 e. The number of carbonyl (C=O) groups is 1. The molecule has 0 unspecified atom stereocenters. The molecule has 0 saturated carbocycles. The van der Waals surface area contributed by atoms with Crippen LogP contribution in [0.2, 0.25) is 0 Å². The Morgan fingerprint density at radius 1 is 1.14 bits per heavy atom. The van der Waals surface area contributed by atoms with Gasteiger partial charge in [0.1, 0.15) is 5.76 Å². The van der Waals surface area contributed by atoms with E-state index in [1.807, 2.05) is 6.07 Å². The summed E-state index contributed by atoms with van der Waals surface area (Å²) in [5.41, 5.74) is 0.768. The SMILES string of the molecule is C=CCN(c1ccccc1)S(=O)(=O)c1cccc(C(=O)N[C@@H](C)c2ccco2)c1. The highest BCUT2D eigenvalue weighted by Gasteiger charge is 2.25. The molecule has 3 aromatic rings. The fourth-order valence-electron chi connectivity index (χ4n) is 2.87. The van der Waals surface area contributed by atoms with E-state index in [1.54, 1.807) is 55.5 Å². The predicted molar refractivity (Wildman–Crippen MR) is 112 cm³/mol. The molecule has 0 bridgehead atoms. The number of benzene rings is 2. The van der Waals surface area contributed by atoms with E-state index in [9.17, 15) is 13.2 Å². The first-order valence-corrected chi connectivity index (χ1v) is 10.5. The molecule has 0 saturated heterocycles. The number of nitrogens with zero attached hydrogens (tertiary/aromatic N) is 1. The molecule has 0 fully saturated rings. The second-order valence-corrected chi connectivity index (χ2v) is 8.26. The molecule has 0 spiro atoms. The lowest BCUT2D eigenvalue weighted by molar-refractivity contribution is 0.0935. The number of furan rings is 1. The minimum Gasteiger partial charge on any atom is -0.467 e. The van der Waals surface area contributed by atoms with Crippen LogP contribution in [0.1, 0.15) is 29.1 Å². The van der Waals surface area contributed by atoms with Crippen LogP contribution >= 0.6 is 0 Å². The van der Waals surface area contributed by atoms with Gasteiger partial charge in [0.25, 0.3) is 15.9 Å². The van der Waals surface area contributed by atoms with Crippen molar-refractivity contribution in [2.24, 2.45) is 0 Å². The van der Waals surface area contributed by atoms with E-state index < -0.39 is 10.0 Å². The number of anilines is 1. The van der Waals surface area contributed by atoms with Gasteiger partial charge < -0.3 is 9.73 Å². The Kier molecular flexibility index (Phi) is 6.19. The number of rotatable bonds is 8. The summed E-state index contributed by atoms with van der Waals surface area (Å²) in [6.07, 6.45) is 3.05. The Morgan fingerprint density at radius 3 is 2.55 bits per heavy atom. The number of sulfonamides is 1. The number of hydrogen-bond donors (Lipinski definition) is 1. The van der Waals surface area contributed by atoms with Crippen molar-refractivity contribution < 1.29 is 17.6 Å². The lowest BCUT2D eigenvalue weighted by Gasteiger charge is -2.23. The summed E-state index contributed by atoms with van der Waals surface area (Å²) < 4.78 is 33.0. The standard InChI is InChI=1S/C22H22N2O4S/c1-3-14-24(19-10-5-4-6-11-19)29(26,27)20-12-7-9-18(16-20)22(25)23-17(2)21-13-8-15-28-21/h3-13,15-17H,1,14H2,2H3,(H,23,25)/t17-/m0/s1. The molecule has 150 valence electrons. The highest BCUT2D eigenvalue weighted by atomic mass is 32.2. The zero-order valence-corrected chi connectivity index (χ0v) is 16.8. The molecule has 29 heavy (non-hydrogen) atoms. The molecule has 1 atom stereocenters. The molecular weight excluding hydrogens is 388 g/mol. The molecule has 2 aromatic carbocycles. The van der Waals surface area contributed by atoms with Gasteiger partial charge in [-0.15, -0.1) is 6.58 Å². The van der Waals surface area contributed by atoms with Crippen LogP contribution in [0.4, 0.5) is 5.69 Å². The number of hydrogen-bond acceptors (Lipinski definition) is 4. The van der Waals surface area contributed by atoms with E-state index in [-0.39, 0.29) is 29.0 Å².